The molecule has 0 saturated heterocycles. The maximum absolute atomic E-state index is 12.9. The minimum Gasteiger partial charge on any atom is -0.462 e. The number of rotatable bonds is 6. The second kappa shape index (κ2) is 9.62. The Morgan fingerprint density at radius 3 is 2.48 bits per heavy atom. The molecule has 0 aliphatic heterocycles. The molecular formula is C26H20N4O3. The number of nitrogens with zero attached hydrogens (tertiary/aromatic N) is 3. The number of nitrogens with one attached hydrogen (secondary N) is 1. The zero-order chi connectivity index (χ0) is 23.2. The van der Waals surface area contributed by atoms with Crippen molar-refractivity contribution in [1.82, 2.24) is 9.38 Å². The van der Waals surface area contributed by atoms with Crippen molar-refractivity contribution in [3.63, 3.8) is 0 Å². The molecule has 4 rings (SSSR count). The number of hydrogen-bond acceptors (Lipinski definition) is 5. The van der Waals surface area contributed by atoms with Crippen molar-refractivity contribution in [3.8, 4) is 17.3 Å². The number of benzene rings is 2. The quantitative estimate of drug-likeness (QED) is 0.268. The van der Waals surface area contributed by atoms with Crippen LogP contribution in [0.5, 0.6) is 0 Å². The molecule has 33 heavy (non-hydrogen) atoms. The fourth-order valence-corrected chi connectivity index (χ4v) is 3.35. The SMILES string of the molecule is CCOC(=O)c1ccc(NC(=O)/C(C#N)=C/c2c(-c3ccccc3)nc3ccccn23)cc1. The average Bonchev–Trinajstić information content (AvgIpc) is 3.22. The molecule has 2 heterocycles. The molecule has 7 nitrogen and oxygen atoms in total. The summed E-state index contributed by atoms with van der Waals surface area (Å²) in [5, 5.41) is 12.4. The molecule has 0 fully saturated rings. The van der Waals surface area contributed by atoms with Gasteiger partial charge in [0.15, 0.2) is 0 Å². The van der Waals surface area contributed by atoms with Crippen molar-refractivity contribution < 1.29 is 14.3 Å². The first-order valence-electron chi connectivity index (χ1n) is 10.3. The molecule has 1 N–H and O–H groups in total. The van der Waals surface area contributed by atoms with Crippen molar-refractivity contribution >= 4 is 29.3 Å². The van der Waals surface area contributed by atoms with Crippen LogP contribution in [0.15, 0.2) is 84.6 Å². The van der Waals surface area contributed by atoms with Gasteiger partial charge in [-0.2, -0.15) is 5.26 Å². The number of aromatic nitrogens is 2. The van der Waals surface area contributed by atoms with Crippen molar-refractivity contribution in [3.05, 3.63) is 95.8 Å². The minimum atomic E-state index is -0.564. The highest BCUT2D eigenvalue weighted by atomic mass is 16.5. The van der Waals surface area contributed by atoms with E-state index in [1.807, 2.05) is 65.2 Å². The van der Waals surface area contributed by atoms with Crippen LogP contribution in [-0.2, 0) is 9.53 Å². The number of anilines is 1. The Hall–Kier alpha value is -4.70. The van der Waals surface area contributed by atoms with Gasteiger partial charge in [0.1, 0.15) is 17.3 Å². The van der Waals surface area contributed by atoms with Gasteiger partial charge in [-0.15, -0.1) is 0 Å². The summed E-state index contributed by atoms with van der Waals surface area (Å²) in [5.74, 6) is -1.000. The zero-order valence-electron chi connectivity index (χ0n) is 17.9. The van der Waals surface area contributed by atoms with Gasteiger partial charge in [-0.3, -0.25) is 9.20 Å². The monoisotopic (exact) mass is 436 g/mol. The lowest BCUT2D eigenvalue weighted by Gasteiger charge is -2.07. The first-order chi connectivity index (χ1) is 16.1. The number of ether oxygens (including phenoxy) is 1. The van der Waals surface area contributed by atoms with E-state index in [0.717, 1.165) is 5.56 Å². The summed E-state index contributed by atoms with van der Waals surface area (Å²) in [7, 11) is 0. The molecule has 162 valence electrons. The highest BCUT2D eigenvalue weighted by molar-refractivity contribution is 6.10. The smallest absolute Gasteiger partial charge is 0.338 e. The minimum absolute atomic E-state index is 0.0766. The Kier molecular flexibility index (Phi) is 6.28. The average molecular weight is 436 g/mol. The molecule has 0 aliphatic rings. The molecule has 0 saturated carbocycles. The number of amides is 1. The van der Waals surface area contributed by atoms with Gasteiger partial charge in [0.2, 0.25) is 0 Å². The molecule has 0 spiro atoms. The highest BCUT2D eigenvalue weighted by Crippen LogP contribution is 2.26. The van der Waals surface area contributed by atoms with Gasteiger partial charge in [0, 0.05) is 17.4 Å². The fourth-order valence-electron chi connectivity index (χ4n) is 3.35. The van der Waals surface area contributed by atoms with E-state index >= 15 is 0 Å². The predicted molar refractivity (Wildman–Crippen MR) is 125 cm³/mol. The molecule has 2 aromatic heterocycles. The van der Waals surface area contributed by atoms with Crippen LogP contribution in [0.1, 0.15) is 23.0 Å². The number of hydrogen-bond donors (Lipinski definition) is 1. The second-order valence-electron chi connectivity index (χ2n) is 7.06. The van der Waals surface area contributed by atoms with Crippen LogP contribution in [0.4, 0.5) is 5.69 Å². The van der Waals surface area contributed by atoms with Gasteiger partial charge in [-0.05, 0) is 49.4 Å². The standard InChI is InChI=1S/C26H20N4O3/c1-2-33-26(32)19-11-13-21(14-12-19)28-25(31)20(17-27)16-22-24(18-8-4-3-5-9-18)29-23-10-6-7-15-30(22)23/h3-16H,2H2,1H3,(H,28,31)/b20-16+. The Bertz CT molecular complexity index is 1380. The molecule has 1 amide bonds. The number of nitriles is 1. The van der Waals surface area contributed by atoms with Gasteiger partial charge < -0.3 is 10.1 Å². The number of pyridine rings is 1. The van der Waals surface area contributed by atoms with Crippen LogP contribution in [-0.4, -0.2) is 27.9 Å². The Labute approximate surface area is 190 Å². The molecular weight excluding hydrogens is 416 g/mol. The van der Waals surface area contributed by atoms with E-state index < -0.39 is 11.9 Å². The Morgan fingerprint density at radius 2 is 1.79 bits per heavy atom. The van der Waals surface area contributed by atoms with E-state index in [2.05, 4.69) is 10.3 Å². The molecule has 0 unspecified atom stereocenters. The summed E-state index contributed by atoms with van der Waals surface area (Å²) >= 11 is 0. The van der Waals surface area contributed by atoms with Crippen LogP contribution < -0.4 is 5.32 Å². The van der Waals surface area contributed by atoms with E-state index in [1.54, 1.807) is 31.2 Å². The van der Waals surface area contributed by atoms with E-state index in [4.69, 9.17) is 4.74 Å². The summed E-state index contributed by atoms with van der Waals surface area (Å²) in [6.45, 7) is 2.01. The lowest BCUT2D eigenvalue weighted by Crippen LogP contribution is -2.14. The molecule has 0 radical (unpaired) electrons. The van der Waals surface area contributed by atoms with Crippen LogP contribution in [0, 0.1) is 11.3 Å². The Balaban J connectivity index is 1.66. The largest absolute Gasteiger partial charge is 0.462 e. The molecule has 0 atom stereocenters. The van der Waals surface area contributed by atoms with Crippen molar-refractivity contribution in [2.24, 2.45) is 0 Å². The van der Waals surface area contributed by atoms with Crippen LogP contribution in [0.25, 0.3) is 23.0 Å². The van der Waals surface area contributed by atoms with E-state index in [1.165, 1.54) is 6.08 Å². The summed E-state index contributed by atoms with van der Waals surface area (Å²) in [5.41, 5.74) is 3.63. The van der Waals surface area contributed by atoms with Gasteiger partial charge >= 0.3 is 5.97 Å². The molecule has 7 heteroatoms. The third kappa shape index (κ3) is 4.65. The van der Waals surface area contributed by atoms with Gasteiger partial charge in [-0.25, -0.2) is 9.78 Å². The lowest BCUT2D eigenvalue weighted by atomic mass is 10.1. The molecule has 4 aromatic rings. The van der Waals surface area contributed by atoms with Crippen molar-refractivity contribution in [2.75, 3.05) is 11.9 Å². The number of carbonyl (C=O) groups is 2. The summed E-state index contributed by atoms with van der Waals surface area (Å²) in [6.07, 6.45) is 3.37. The third-order valence-electron chi connectivity index (χ3n) is 4.91. The van der Waals surface area contributed by atoms with Gasteiger partial charge in [-0.1, -0.05) is 36.4 Å². The summed E-state index contributed by atoms with van der Waals surface area (Å²) < 4.78 is 6.79. The number of imidazole rings is 1. The van der Waals surface area contributed by atoms with E-state index in [9.17, 15) is 14.9 Å². The lowest BCUT2D eigenvalue weighted by molar-refractivity contribution is -0.112. The number of carbonyl (C=O) groups excluding carboxylic acids is 2. The third-order valence-corrected chi connectivity index (χ3v) is 4.91. The zero-order valence-corrected chi connectivity index (χ0v) is 17.9. The molecule has 2 aromatic carbocycles. The first kappa shape index (κ1) is 21.5. The maximum atomic E-state index is 12.9. The predicted octanol–water partition coefficient (Wildman–Crippen LogP) is 4.72. The van der Waals surface area contributed by atoms with Crippen LogP contribution in [0.2, 0.25) is 0 Å². The van der Waals surface area contributed by atoms with Crippen LogP contribution in [0.3, 0.4) is 0 Å². The van der Waals surface area contributed by atoms with Crippen LogP contribution >= 0.6 is 0 Å². The van der Waals surface area contributed by atoms with Gasteiger partial charge in [0.25, 0.3) is 5.91 Å². The summed E-state index contributed by atoms with van der Waals surface area (Å²) in [6, 6.07) is 23.5. The summed E-state index contributed by atoms with van der Waals surface area (Å²) in [4.78, 5) is 29.3. The number of fused-ring (bicyclic) bond motifs is 1. The normalized spacial score (nSPS) is 11.1. The number of esters is 1. The highest BCUT2D eigenvalue weighted by Gasteiger charge is 2.16. The fraction of sp³-hybridized carbons (Fsp3) is 0.0769. The molecule has 0 bridgehead atoms. The first-order valence-corrected chi connectivity index (χ1v) is 10.3. The van der Waals surface area contributed by atoms with E-state index in [-0.39, 0.29) is 12.2 Å². The topological polar surface area (TPSA) is 96.5 Å². The Morgan fingerprint density at radius 1 is 1.06 bits per heavy atom. The second-order valence-corrected chi connectivity index (χ2v) is 7.06. The molecule has 0 aliphatic carbocycles. The van der Waals surface area contributed by atoms with E-state index in [0.29, 0.717) is 28.3 Å². The van der Waals surface area contributed by atoms with Gasteiger partial charge in [0.05, 0.1) is 23.6 Å². The van der Waals surface area contributed by atoms with Crippen molar-refractivity contribution in [1.29, 1.82) is 5.26 Å². The maximum Gasteiger partial charge on any atom is 0.338 e. The van der Waals surface area contributed by atoms with Crippen molar-refractivity contribution in [2.45, 2.75) is 6.92 Å².